The van der Waals surface area contributed by atoms with Crippen molar-refractivity contribution in [3.05, 3.63) is 150 Å². The fourth-order valence-electron chi connectivity index (χ4n) is 4.98. The molecule has 0 fully saturated rings. The molecular weight excluding hydrogens is 414 g/mol. The highest BCUT2D eigenvalue weighted by Crippen LogP contribution is 2.44. The van der Waals surface area contributed by atoms with E-state index < -0.39 is 5.60 Å². The Hall–Kier alpha value is -4.30. The third-order valence-corrected chi connectivity index (χ3v) is 6.63. The summed E-state index contributed by atoms with van der Waals surface area (Å²) in [7, 11) is 0. The molecule has 1 N–H and O–H groups in total. The molecule has 0 aliphatic carbocycles. The van der Waals surface area contributed by atoms with Gasteiger partial charge in [-0.1, -0.05) is 121 Å². The first-order valence-corrected chi connectivity index (χ1v) is 11.6. The van der Waals surface area contributed by atoms with Crippen LogP contribution >= 0.6 is 0 Å². The van der Waals surface area contributed by atoms with Gasteiger partial charge >= 0.3 is 0 Å². The van der Waals surface area contributed by atoms with Crippen molar-refractivity contribution in [1.82, 2.24) is 4.98 Å². The first-order valence-electron chi connectivity index (χ1n) is 11.6. The molecule has 6 rings (SSSR count). The Morgan fingerprint density at radius 1 is 0.529 bits per heavy atom. The molecular formula is C32H25NO. The second-order valence-corrected chi connectivity index (χ2v) is 8.69. The minimum Gasteiger partial charge on any atom is -0.471 e. The molecule has 5 aromatic carbocycles. The largest absolute Gasteiger partial charge is 0.471 e. The van der Waals surface area contributed by atoms with Crippen LogP contribution in [0.15, 0.2) is 127 Å². The van der Waals surface area contributed by atoms with Crippen LogP contribution in [0.2, 0.25) is 0 Å². The Labute approximate surface area is 199 Å². The minimum absolute atomic E-state index is 0.819. The van der Waals surface area contributed by atoms with E-state index in [1.165, 1.54) is 10.8 Å². The van der Waals surface area contributed by atoms with Crippen LogP contribution < -0.4 is 4.74 Å². The normalized spacial score (nSPS) is 11.7. The van der Waals surface area contributed by atoms with Crippen molar-refractivity contribution in [3.63, 3.8) is 0 Å². The van der Waals surface area contributed by atoms with Gasteiger partial charge in [-0.25, -0.2) is 0 Å². The van der Waals surface area contributed by atoms with Gasteiger partial charge < -0.3 is 9.72 Å². The van der Waals surface area contributed by atoms with Crippen molar-refractivity contribution < 1.29 is 4.74 Å². The van der Waals surface area contributed by atoms with E-state index in [2.05, 4.69) is 121 Å². The summed E-state index contributed by atoms with van der Waals surface area (Å²) >= 11 is 0. The summed E-state index contributed by atoms with van der Waals surface area (Å²) < 4.78 is 7.30. The van der Waals surface area contributed by atoms with Crippen molar-refractivity contribution in [2.75, 3.05) is 0 Å². The molecule has 0 aliphatic rings. The Morgan fingerprint density at radius 2 is 1.03 bits per heavy atom. The monoisotopic (exact) mass is 439 g/mol. The van der Waals surface area contributed by atoms with Crippen molar-refractivity contribution in [1.29, 1.82) is 0 Å². The smallest absolute Gasteiger partial charge is 0.184 e. The summed E-state index contributed by atoms with van der Waals surface area (Å²) in [5.41, 5.74) is 5.65. The molecule has 1 heterocycles. The molecule has 0 spiro atoms. The van der Waals surface area contributed by atoms with E-state index in [0.717, 1.165) is 39.0 Å². The molecule has 0 atom stereocenters. The Kier molecular flexibility index (Phi) is 4.92. The number of aromatic amines is 1. The van der Waals surface area contributed by atoms with Gasteiger partial charge in [0.15, 0.2) is 5.60 Å². The molecule has 0 unspecified atom stereocenters. The zero-order valence-electron chi connectivity index (χ0n) is 19.0. The maximum atomic E-state index is 7.30. The molecule has 0 aliphatic heterocycles. The topological polar surface area (TPSA) is 25.0 Å². The zero-order chi connectivity index (χ0) is 23.0. The maximum Gasteiger partial charge on any atom is 0.184 e. The van der Waals surface area contributed by atoms with Gasteiger partial charge in [0.25, 0.3) is 0 Å². The number of hydrogen-bond donors (Lipinski definition) is 1. The van der Waals surface area contributed by atoms with Crippen molar-refractivity contribution in [3.8, 4) is 5.75 Å². The summed E-state index contributed by atoms with van der Waals surface area (Å²) in [6.07, 6.45) is 0. The van der Waals surface area contributed by atoms with Gasteiger partial charge in [-0.05, 0) is 18.6 Å². The van der Waals surface area contributed by atoms with Crippen LogP contribution in [0.3, 0.4) is 0 Å². The van der Waals surface area contributed by atoms with Crippen LogP contribution in [0, 0.1) is 6.92 Å². The van der Waals surface area contributed by atoms with E-state index >= 15 is 0 Å². The van der Waals surface area contributed by atoms with Crippen LogP contribution in [0.5, 0.6) is 5.75 Å². The SMILES string of the molecule is Cc1ccc2c([nH]c3ccccc32)c1OC(c1ccccc1)(c1ccccc1)c1ccccc1. The van der Waals surface area contributed by atoms with Crippen molar-refractivity contribution in [2.24, 2.45) is 0 Å². The zero-order valence-corrected chi connectivity index (χ0v) is 19.0. The molecule has 0 saturated carbocycles. The van der Waals surface area contributed by atoms with Crippen LogP contribution in [0.4, 0.5) is 0 Å². The lowest BCUT2D eigenvalue weighted by Gasteiger charge is -2.37. The van der Waals surface area contributed by atoms with Crippen LogP contribution in [0.25, 0.3) is 21.8 Å². The number of para-hydroxylation sites is 1. The van der Waals surface area contributed by atoms with Gasteiger partial charge in [0.1, 0.15) is 5.75 Å². The van der Waals surface area contributed by atoms with Gasteiger partial charge in [-0.3, -0.25) is 0 Å². The van der Waals surface area contributed by atoms with Crippen LogP contribution in [0.1, 0.15) is 22.3 Å². The third-order valence-electron chi connectivity index (χ3n) is 6.63. The average molecular weight is 440 g/mol. The number of aromatic nitrogens is 1. The molecule has 2 heteroatoms. The molecule has 2 nitrogen and oxygen atoms in total. The number of rotatable bonds is 5. The van der Waals surface area contributed by atoms with Crippen molar-refractivity contribution >= 4 is 21.8 Å². The van der Waals surface area contributed by atoms with E-state index in [1.807, 2.05) is 18.2 Å². The molecule has 164 valence electrons. The quantitative estimate of drug-likeness (QED) is 0.270. The number of fused-ring (bicyclic) bond motifs is 3. The lowest BCUT2D eigenvalue weighted by Crippen LogP contribution is -2.36. The fraction of sp³-hybridized carbons (Fsp3) is 0.0625. The molecule has 34 heavy (non-hydrogen) atoms. The predicted molar refractivity (Wildman–Crippen MR) is 140 cm³/mol. The second kappa shape index (κ2) is 8.24. The van der Waals surface area contributed by atoms with Gasteiger partial charge in [0.05, 0.1) is 5.52 Å². The number of ether oxygens (including phenoxy) is 1. The number of nitrogens with one attached hydrogen (secondary N) is 1. The van der Waals surface area contributed by atoms with Gasteiger partial charge in [0.2, 0.25) is 0 Å². The molecule has 0 saturated heterocycles. The highest BCUT2D eigenvalue weighted by atomic mass is 16.5. The van der Waals surface area contributed by atoms with Crippen LogP contribution in [-0.2, 0) is 5.60 Å². The number of benzene rings is 5. The minimum atomic E-state index is -0.819. The van der Waals surface area contributed by atoms with E-state index in [-0.39, 0.29) is 0 Å². The third kappa shape index (κ3) is 3.19. The molecule has 0 radical (unpaired) electrons. The Morgan fingerprint density at radius 3 is 1.59 bits per heavy atom. The van der Waals surface area contributed by atoms with Gasteiger partial charge in [-0.2, -0.15) is 0 Å². The summed E-state index contributed by atoms with van der Waals surface area (Å²) in [5, 5.41) is 2.37. The number of hydrogen-bond acceptors (Lipinski definition) is 1. The predicted octanol–water partition coefficient (Wildman–Crippen LogP) is 8.00. The average Bonchev–Trinajstić information content (AvgIpc) is 3.29. The molecule has 0 amide bonds. The fourth-order valence-corrected chi connectivity index (χ4v) is 4.98. The van der Waals surface area contributed by atoms with Gasteiger partial charge in [-0.15, -0.1) is 0 Å². The van der Waals surface area contributed by atoms with E-state index in [4.69, 9.17) is 4.74 Å². The molecule has 0 bridgehead atoms. The summed E-state index contributed by atoms with van der Waals surface area (Å²) in [5.74, 6) is 0.866. The maximum absolute atomic E-state index is 7.30. The molecule has 6 aromatic rings. The first-order chi connectivity index (χ1) is 16.8. The standard InChI is InChI=1S/C32H25NO/c1-23-21-22-28-27-19-11-12-20-29(27)33-30(28)31(23)34-32(24-13-5-2-6-14-24,25-15-7-3-8-16-25)26-17-9-4-10-18-26/h2-22,33H,1H3. The number of aryl methyl sites for hydroxylation is 1. The van der Waals surface area contributed by atoms with Crippen molar-refractivity contribution in [2.45, 2.75) is 12.5 Å². The second-order valence-electron chi connectivity index (χ2n) is 8.69. The molecule has 1 aromatic heterocycles. The Bertz CT molecular complexity index is 1470. The number of H-pyrrole nitrogens is 1. The summed E-state index contributed by atoms with van der Waals surface area (Å²) in [6, 6.07) is 44.3. The van der Waals surface area contributed by atoms with Crippen LogP contribution in [-0.4, -0.2) is 4.98 Å². The highest BCUT2D eigenvalue weighted by molar-refractivity contribution is 6.09. The van der Waals surface area contributed by atoms with Gasteiger partial charge in [0, 0.05) is 33.0 Å². The lowest BCUT2D eigenvalue weighted by molar-refractivity contribution is 0.156. The summed E-state index contributed by atoms with van der Waals surface area (Å²) in [4.78, 5) is 3.64. The summed E-state index contributed by atoms with van der Waals surface area (Å²) in [6.45, 7) is 2.12. The van der Waals surface area contributed by atoms with E-state index in [9.17, 15) is 0 Å². The van der Waals surface area contributed by atoms with E-state index in [0.29, 0.717) is 0 Å². The van der Waals surface area contributed by atoms with E-state index in [1.54, 1.807) is 0 Å². The highest BCUT2D eigenvalue weighted by Gasteiger charge is 2.39. The lowest BCUT2D eigenvalue weighted by atomic mass is 9.80. The Balaban J connectivity index is 1.69. The first kappa shape index (κ1) is 20.3.